The van der Waals surface area contributed by atoms with E-state index in [-0.39, 0.29) is 18.4 Å². The Morgan fingerprint density at radius 2 is 1.41 bits per heavy atom. The van der Waals surface area contributed by atoms with Gasteiger partial charge in [0.05, 0.1) is 23.8 Å². The van der Waals surface area contributed by atoms with Crippen molar-refractivity contribution >= 4 is 11.8 Å². The quantitative estimate of drug-likeness (QED) is 0.829. The number of aliphatic hydroxyl groups excluding tert-OH is 1. The van der Waals surface area contributed by atoms with Gasteiger partial charge in [0.1, 0.15) is 0 Å². The summed E-state index contributed by atoms with van der Waals surface area (Å²) in [6.07, 6.45) is 1.38. The summed E-state index contributed by atoms with van der Waals surface area (Å²) >= 11 is 0. The molecule has 1 atom stereocenters. The molecular formula is C22H24N2O3. The zero-order valence-electron chi connectivity index (χ0n) is 15.3. The van der Waals surface area contributed by atoms with E-state index in [1.807, 2.05) is 6.07 Å². The van der Waals surface area contributed by atoms with Crippen LogP contribution in [-0.2, 0) is 0 Å². The number of benzene rings is 2. The SMILES string of the molecule is O=C1c2ccccc2C(=O)N1CC(O)CN1CCC(c2ccccc2)CC1. The van der Waals surface area contributed by atoms with Crippen LogP contribution in [0.5, 0.6) is 0 Å². The summed E-state index contributed by atoms with van der Waals surface area (Å²) in [6.45, 7) is 2.36. The summed E-state index contributed by atoms with van der Waals surface area (Å²) in [5.74, 6) is -0.0503. The number of amides is 2. The lowest BCUT2D eigenvalue weighted by atomic mass is 9.89. The Morgan fingerprint density at radius 1 is 0.852 bits per heavy atom. The van der Waals surface area contributed by atoms with E-state index in [1.54, 1.807) is 24.3 Å². The van der Waals surface area contributed by atoms with Crippen LogP contribution in [0.2, 0.25) is 0 Å². The van der Waals surface area contributed by atoms with Crippen molar-refractivity contribution in [2.45, 2.75) is 24.9 Å². The Labute approximate surface area is 159 Å². The van der Waals surface area contributed by atoms with E-state index < -0.39 is 6.10 Å². The number of piperidine rings is 1. The number of carbonyl (C=O) groups excluding carboxylic acids is 2. The molecule has 5 nitrogen and oxygen atoms in total. The molecule has 2 aliphatic rings. The van der Waals surface area contributed by atoms with E-state index in [1.165, 1.54) is 10.5 Å². The van der Waals surface area contributed by atoms with E-state index in [0.29, 0.717) is 23.6 Å². The first-order valence-corrected chi connectivity index (χ1v) is 9.54. The Bertz CT molecular complexity index is 793. The Hall–Kier alpha value is -2.50. The predicted molar refractivity (Wildman–Crippen MR) is 103 cm³/mol. The number of aliphatic hydroxyl groups is 1. The molecule has 0 aromatic heterocycles. The first-order chi connectivity index (χ1) is 13.1. The molecule has 1 fully saturated rings. The van der Waals surface area contributed by atoms with E-state index in [2.05, 4.69) is 29.2 Å². The van der Waals surface area contributed by atoms with Crippen LogP contribution >= 0.6 is 0 Å². The highest BCUT2D eigenvalue weighted by molar-refractivity contribution is 6.21. The van der Waals surface area contributed by atoms with Crippen LogP contribution in [0.4, 0.5) is 0 Å². The highest BCUT2D eigenvalue weighted by atomic mass is 16.3. The van der Waals surface area contributed by atoms with Crippen molar-refractivity contribution in [2.75, 3.05) is 26.2 Å². The lowest BCUT2D eigenvalue weighted by Crippen LogP contribution is -2.44. The minimum absolute atomic E-state index is 0.0466. The maximum absolute atomic E-state index is 12.4. The van der Waals surface area contributed by atoms with Crippen molar-refractivity contribution in [2.24, 2.45) is 0 Å². The molecular weight excluding hydrogens is 340 g/mol. The molecule has 0 radical (unpaired) electrons. The average Bonchev–Trinajstić information content (AvgIpc) is 2.94. The molecule has 0 aliphatic carbocycles. The number of likely N-dealkylation sites (tertiary alicyclic amines) is 1. The van der Waals surface area contributed by atoms with E-state index in [4.69, 9.17) is 0 Å². The molecule has 0 bridgehead atoms. The molecule has 2 aromatic rings. The molecule has 2 aliphatic heterocycles. The molecule has 140 valence electrons. The lowest BCUT2D eigenvalue weighted by molar-refractivity contribution is 0.0449. The molecule has 2 amide bonds. The summed E-state index contributed by atoms with van der Waals surface area (Å²) in [7, 11) is 0. The second kappa shape index (κ2) is 7.62. The Balaban J connectivity index is 1.30. The van der Waals surface area contributed by atoms with Crippen LogP contribution in [0.3, 0.4) is 0 Å². The van der Waals surface area contributed by atoms with Crippen molar-refractivity contribution in [3.05, 3.63) is 71.3 Å². The molecule has 5 heteroatoms. The van der Waals surface area contributed by atoms with Crippen molar-refractivity contribution in [3.63, 3.8) is 0 Å². The van der Waals surface area contributed by atoms with Crippen molar-refractivity contribution in [1.82, 2.24) is 9.80 Å². The van der Waals surface area contributed by atoms with Gasteiger partial charge in [0.15, 0.2) is 0 Å². The van der Waals surface area contributed by atoms with Gasteiger partial charge in [-0.25, -0.2) is 0 Å². The van der Waals surface area contributed by atoms with Crippen LogP contribution in [0.1, 0.15) is 45.0 Å². The molecule has 0 spiro atoms. The highest BCUT2D eigenvalue weighted by Crippen LogP contribution is 2.28. The van der Waals surface area contributed by atoms with Crippen molar-refractivity contribution in [3.8, 4) is 0 Å². The molecule has 2 aromatic carbocycles. The second-order valence-electron chi connectivity index (χ2n) is 7.41. The van der Waals surface area contributed by atoms with Gasteiger partial charge in [0.2, 0.25) is 0 Å². The van der Waals surface area contributed by atoms with Gasteiger partial charge in [-0.3, -0.25) is 14.5 Å². The fourth-order valence-electron chi connectivity index (χ4n) is 4.15. The topological polar surface area (TPSA) is 60.9 Å². The largest absolute Gasteiger partial charge is 0.390 e. The minimum atomic E-state index is -0.736. The number of rotatable bonds is 5. The maximum atomic E-state index is 12.4. The van der Waals surface area contributed by atoms with Crippen LogP contribution in [0.15, 0.2) is 54.6 Å². The standard InChI is InChI=1S/C22H24N2O3/c25-18(15-24-21(26)19-8-4-5-9-20(19)22(24)27)14-23-12-10-17(11-13-23)16-6-2-1-3-7-16/h1-9,17-18,25H,10-15H2. The summed E-state index contributed by atoms with van der Waals surface area (Å²) in [4.78, 5) is 28.2. The van der Waals surface area contributed by atoms with Crippen LogP contribution in [0.25, 0.3) is 0 Å². The number of nitrogens with zero attached hydrogens (tertiary/aromatic N) is 2. The summed E-state index contributed by atoms with van der Waals surface area (Å²) < 4.78 is 0. The van der Waals surface area contributed by atoms with E-state index in [9.17, 15) is 14.7 Å². The highest BCUT2D eigenvalue weighted by Gasteiger charge is 2.36. The predicted octanol–water partition coefficient (Wildman–Crippen LogP) is 2.52. The van der Waals surface area contributed by atoms with Gasteiger partial charge in [-0.05, 0) is 49.5 Å². The van der Waals surface area contributed by atoms with Gasteiger partial charge in [-0.2, -0.15) is 0 Å². The first-order valence-electron chi connectivity index (χ1n) is 9.54. The summed E-state index contributed by atoms with van der Waals surface area (Å²) in [6, 6.07) is 17.4. The number of imide groups is 1. The van der Waals surface area contributed by atoms with E-state index >= 15 is 0 Å². The second-order valence-corrected chi connectivity index (χ2v) is 7.41. The van der Waals surface area contributed by atoms with Gasteiger partial charge < -0.3 is 10.0 Å². The van der Waals surface area contributed by atoms with Gasteiger partial charge in [-0.1, -0.05) is 42.5 Å². The number of fused-ring (bicyclic) bond motifs is 1. The van der Waals surface area contributed by atoms with Gasteiger partial charge in [0.25, 0.3) is 11.8 Å². The van der Waals surface area contributed by atoms with Crippen molar-refractivity contribution in [1.29, 1.82) is 0 Å². The average molecular weight is 364 g/mol. The molecule has 1 N–H and O–H groups in total. The Morgan fingerprint density at radius 3 is 2.00 bits per heavy atom. The molecule has 0 saturated carbocycles. The monoisotopic (exact) mass is 364 g/mol. The molecule has 1 saturated heterocycles. The third-order valence-electron chi connectivity index (χ3n) is 5.60. The maximum Gasteiger partial charge on any atom is 0.261 e. The fraction of sp³-hybridized carbons (Fsp3) is 0.364. The van der Waals surface area contributed by atoms with Crippen LogP contribution in [-0.4, -0.2) is 59.0 Å². The number of carbonyl (C=O) groups is 2. The van der Waals surface area contributed by atoms with Gasteiger partial charge >= 0.3 is 0 Å². The normalized spacial score (nSPS) is 19.4. The number of hydrogen-bond acceptors (Lipinski definition) is 4. The van der Waals surface area contributed by atoms with E-state index in [0.717, 1.165) is 25.9 Å². The third-order valence-corrected chi connectivity index (χ3v) is 5.60. The smallest absolute Gasteiger partial charge is 0.261 e. The zero-order chi connectivity index (χ0) is 18.8. The minimum Gasteiger partial charge on any atom is -0.390 e. The summed E-state index contributed by atoms with van der Waals surface area (Å²) in [5.41, 5.74) is 2.24. The molecule has 2 heterocycles. The number of β-amino-alcohol motifs (C(OH)–C–C–N with tert-alkyl or cyclic N) is 1. The van der Waals surface area contributed by atoms with Crippen LogP contribution in [0, 0.1) is 0 Å². The lowest BCUT2D eigenvalue weighted by Gasteiger charge is -2.33. The van der Waals surface area contributed by atoms with Crippen molar-refractivity contribution < 1.29 is 14.7 Å². The number of hydrogen-bond donors (Lipinski definition) is 1. The molecule has 1 unspecified atom stereocenters. The third kappa shape index (κ3) is 3.66. The van der Waals surface area contributed by atoms with Crippen LogP contribution < -0.4 is 0 Å². The first kappa shape index (κ1) is 17.9. The summed E-state index contributed by atoms with van der Waals surface area (Å²) in [5, 5.41) is 10.5. The van der Waals surface area contributed by atoms with Gasteiger partial charge in [-0.15, -0.1) is 0 Å². The zero-order valence-corrected chi connectivity index (χ0v) is 15.3. The molecule has 27 heavy (non-hydrogen) atoms. The fourth-order valence-corrected chi connectivity index (χ4v) is 4.15. The Kier molecular flexibility index (Phi) is 5.05. The molecule has 4 rings (SSSR count). The van der Waals surface area contributed by atoms with Gasteiger partial charge in [0, 0.05) is 6.54 Å².